The number of benzene rings is 1. The van der Waals surface area contributed by atoms with Crippen molar-refractivity contribution in [2.45, 2.75) is 26.7 Å². The molecule has 0 unspecified atom stereocenters. The van der Waals surface area contributed by atoms with Crippen molar-refractivity contribution in [3.63, 3.8) is 0 Å². The summed E-state index contributed by atoms with van der Waals surface area (Å²) in [5.74, 6) is -0.409. The van der Waals surface area contributed by atoms with Crippen molar-refractivity contribution in [2.75, 3.05) is 6.54 Å². The third-order valence-electron chi connectivity index (χ3n) is 3.95. The second-order valence-corrected chi connectivity index (χ2v) is 4.79. The maximum Gasteiger partial charge on any atom is 0.205 e. The van der Waals surface area contributed by atoms with Gasteiger partial charge in [-0.05, 0) is 25.0 Å². The van der Waals surface area contributed by atoms with Gasteiger partial charge in [0.05, 0.1) is 0 Å². The van der Waals surface area contributed by atoms with Gasteiger partial charge in [0.25, 0.3) is 0 Å². The van der Waals surface area contributed by atoms with Crippen LogP contribution in [-0.4, -0.2) is 12.3 Å². The van der Waals surface area contributed by atoms with E-state index in [2.05, 4.69) is 0 Å². The number of carbonyl (C=O) groups excluding carboxylic acids is 1. The van der Waals surface area contributed by atoms with Crippen molar-refractivity contribution in [3.05, 3.63) is 35.8 Å². The van der Waals surface area contributed by atoms with Crippen molar-refractivity contribution in [2.24, 2.45) is 11.1 Å². The van der Waals surface area contributed by atoms with Crippen molar-refractivity contribution in [1.29, 1.82) is 0 Å². The zero-order valence-electron chi connectivity index (χ0n) is 11.2. The highest BCUT2D eigenvalue weighted by atomic mass is 19.1. The van der Waals surface area contributed by atoms with Crippen molar-refractivity contribution in [3.8, 4) is 0 Å². The number of carbonyl (C=O) groups is 1. The Kier molecular flexibility index (Phi) is 3.71. The Morgan fingerprint density at radius 2 is 2.05 bits per heavy atom. The summed E-state index contributed by atoms with van der Waals surface area (Å²) in [6, 6.07) is 6.23. The van der Waals surface area contributed by atoms with Gasteiger partial charge in [0.15, 0.2) is 17.2 Å². The lowest BCUT2D eigenvalue weighted by molar-refractivity contribution is 0.0758. The normalized spacial score (nSPS) is 12.0. The molecule has 0 aliphatic carbocycles. The summed E-state index contributed by atoms with van der Waals surface area (Å²) in [6.45, 7) is 4.12. The molecule has 4 heteroatoms. The van der Waals surface area contributed by atoms with Crippen LogP contribution in [0.25, 0.3) is 11.0 Å². The second-order valence-electron chi connectivity index (χ2n) is 4.79. The molecule has 0 saturated heterocycles. The molecular formula is C15H18FNO2. The van der Waals surface area contributed by atoms with E-state index in [1.54, 1.807) is 18.2 Å². The van der Waals surface area contributed by atoms with Crippen LogP contribution in [0.2, 0.25) is 0 Å². The van der Waals surface area contributed by atoms with E-state index in [1.165, 1.54) is 6.07 Å². The van der Waals surface area contributed by atoms with Gasteiger partial charge in [0.1, 0.15) is 0 Å². The van der Waals surface area contributed by atoms with Gasteiger partial charge in [-0.15, -0.1) is 0 Å². The molecule has 0 spiro atoms. The largest absolute Gasteiger partial charge is 0.450 e. The summed E-state index contributed by atoms with van der Waals surface area (Å²) in [4.78, 5) is 12.5. The van der Waals surface area contributed by atoms with Crippen LogP contribution < -0.4 is 5.73 Å². The van der Waals surface area contributed by atoms with E-state index in [4.69, 9.17) is 10.2 Å². The number of hydrogen-bond donors (Lipinski definition) is 1. The number of furan rings is 1. The lowest BCUT2D eigenvalue weighted by Gasteiger charge is -2.26. The van der Waals surface area contributed by atoms with Gasteiger partial charge in [0.2, 0.25) is 5.78 Å². The Balaban J connectivity index is 2.50. The minimum atomic E-state index is -0.621. The second kappa shape index (κ2) is 5.13. The Bertz CT molecular complexity index is 591. The first-order valence-corrected chi connectivity index (χ1v) is 6.51. The predicted molar refractivity (Wildman–Crippen MR) is 72.6 cm³/mol. The van der Waals surface area contributed by atoms with E-state index in [0.29, 0.717) is 18.2 Å². The SMILES string of the molecule is CCC(CC)(CN)C(=O)c1cc2cccc(F)c2o1. The molecule has 1 heterocycles. The average Bonchev–Trinajstić information content (AvgIpc) is 2.86. The molecule has 1 aromatic carbocycles. The van der Waals surface area contributed by atoms with Crippen LogP contribution in [0.1, 0.15) is 37.2 Å². The highest BCUT2D eigenvalue weighted by Gasteiger charge is 2.36. The van der Waals surface area contributed by atoms with Crippen LogP contribution in [-0.2, 0) is 0 Å². The molecule has 1 aromatic heterocycles. The summed E-state index contributed by atoms with van der Waals surface area (Å²) in [5, 5.41) is 0.599. The van der Waals surface area contributed by atoms with Gasteiger partial charge in [-0.1, -0.05) is 26.0 Å². The number of rotatable bonds is 5. The molecule has 0 bridgehead atoms. The number of fused-ring (bicyclic) bond motifs is 1. The lowest BCUT2D eigenvalue weighted by atomic mass is 9.77. The summed E-state index contributed by atoms with van der Waals surface area (Å²) >= 11 is 0. The molecule has 3 nitrogen and oxygen atoms in total. The maximum atomic E-state index is 13.6. The first-order valence-electron chi connectivity index (χ1n) is 6.51. The zero-order valence-corrected chi connectivity index (χ0v) is 11.2. The molecule has 0 saturated carbocycles. The van der Waals surface area contributed by atoms with Crippen LogP contribution in [0.3, 0.4) is 0 Å². The quantitative estimate of drug-likeness (QED) is 0.840. The minimum absolute atomic E-state index is 0.129. The molecule has 0 aliphatic heterocycles. The van der Waals surface area contributed by atoms with Gasteiger partial charge >= 0.3 is 0 Å². The fourth-order valence-electron chi connectivity index (χ4n) is 2.35. The minimum Gasteiger partial charge on any atom is -0.450 e. The Labute approximate surface area is 111 Å². The summed E-state index contributed by atoms with van der Waals surface area (Å²) < 4.78 is 19.0. The Morgan fingerprint density at radius 3 is 2.58 bits per heavy atom. The third-order valence-corrected chi connectivity index (χ3v) is 3.95. The molecule has 2 rings (SSSR count). The highest BCUT2D eigenvalue weighted by molar-refractivity contribution is 6.01. The molecule has 102 valence electrons. The molecule has 0 aliphatic rings. The third kappa shape index (κ3) is 2.16. The summed E-state index contributed by atoms with van der Waals surface area (Å²) in [5.41, 5.74) is 5.26. The van der Waals surface area contributed by atoms with Gasteiger partial charge < -0.3 is 10.2 Å². The predicted octanol–water partition coefficient (Wildman–Crippen LogP) is 3.52. The molecule has 0 fully saturated rings. The number of nitrogens with two attached hydrogens (primary N) is 1. The van der Waals surface area contributed by atoms with E-state index in [0.717, 1.165) is 0 Å². The monoisotopic (exact) mass is 263 g/mol. The smallest absolute Gasteiger partial charge is 0.205 e. The number of ketones is 1. The molecular weight excluding hydrogens is 245 g/mol. The standard InChI is InChI=1S/C15H18FNO2/c1-3-15(4-2,9-17)14(18)12-8-10-6-5-7-11(16)13(10)19-12/h5-8H,3-4,9,17H2,1-2H3. The van der Waals surface area contributed by atoms with Crippen LogP contribution in [0.15, 0.2) is 28.7 Å². The van der Waals surface area contributed by atoms with E-state index < -0.39 is 11.2 Å². The molecule has 2 N–H and O–H groups in total. The van der Waals surface area contributed by atoms with Crippen LogP contribution >= 0.6 is 0 Å². The van der Waals surface area contributed by atoms with Crippen molar-refractivity contribution < 1.29 is 13.6 Å². The summed E-state index contributed by atoms with van der Waals surface area (Å²) in [7, 11) is 0. The number of hydrogen-bond acceptors (Lipinski definition) is 3. The lowest BCUT2D eigenvalue weighted by Crippen LogP contribution is -2.37. The Hall–Kier alpha value is -1.68. The fourth-order valence-corrected chi connectivity index (χ4v) is 2.35. The average molecular weight is 263 g/mol. The van der Waals surface area contributed by atoms with Crippen LogP contribution in [0, 0.1) is 11.2 Å². The Morgan fingerprint density at radius 1 is 1.37 bits per heavy atom. The number of para-hydroxylation sites is 1. The van der Waals surface area contributed by atoms with E-state index in [1.807, 2.05) is 13.8 Å². The molecule has 0 amide bonds. The number of halogens is 1. The van der Waals surface area contributed by atoms with E-state index >= 15 is 0 Å². The zero-order chi connectivity index (χ0) is 14.0. The fraction of sp³-hybridized carbons (Fsp3) is 0.400. The number of Topliss-reactive ketones (excluding diaryl/α,β-unsaturated/α-hetero) is 1. The van der Waals surface area contributed by atoms with Crippen molar-refractivity contribution in [1.82, 2.24) is 0 Å². The van der Waals surface area contributed by atoms with Crippen LogP contribution in [0.4, 0.5) is 4.39 Å². The first-order chi connectivity index (χ1) is 9.07. The van der Waals surface area contributed by atoms with Gasteiger partial charge in [-0.3, -0.25) is 4.79 Å². The van der Waals surface area contributed by atoms with Crippen molar-refractivity contribution >= 4 is 16.8 Å². The van der Waals surface area contributed by atoms with Crippen LogP contribution in [0.5, 0.6) is 0 Å². The van der Waals surface area contributed by atoms with E-state index in [-0.39, 0.29) is 23.7 Å². The molecule has 0 atom stereocenters. The molecule has 19 heavy (non-hydrogen) atoms. The highest BCUT2D eigenvalue weighted by Crippen LogP contribution is 2.32. The van der Waals surface area contributed by atoms with Gasteiger partial charge in [0, 0.05) is 17.3 Å². The van der Waals surface area contributed by atoms with Gasteiger partial charge in [-0.2, -0.15) is 0 Å². The molecule has 0 radical (unpaired) electrons. The van der Waals surface area contributed by atoms with E-state index in [9.17, 15) is 9.18 Å². The van der Waals surface area contributed by atoms with Gasteiger partial charge in [-0.25, -0.2) is 4.39 Å². The maximum absolute atomic E-state index is 13.6. The molecule has 2 aromatic rings. The summed E-state index contributed by atoms with van der Waals surface area (Å²) in [6.07, 6.45) is 1.27. The first kappa shape index (κ1) is 13.7. The topological polar surface area (TPSA) is 56.2 Å².